The summed E-state index contributed by atoms with van der Waals surface area (Å²) < 4.78 is 28.9. The van der Waals surface area contributed by atoms with Gasteiger partial charge in [0.25, 0.3) is 0 Å². The molecule has 1 aromatic rings. The third-order valence-electron chi connectivity index (χ3n) is 3.61. The van der Waals surface area contributed by atoms with Crippen molar-refractivity contribution >= 4 is 15.8 Å². The van der Waals surface area contributed by atoms with E-state index >= 15 is 0 Å². The summed E-state index contributed by atoms with van der Waals surface area (Å²) in [4.78, 5) is 4.94. The van der Waals surface area contributed by atoms with Crippen LogP contribution in [-0.4, -0.2) is 46.9 Å². The summed E-state index contributed by atoms with van der Waals surface area (Å²) in [7, 11) is -3.19. The van der Waals surface area contributed by atoms with E-state index in [9.17, 15) is 8.42 Å². The van der Waals surface area contributed by atoms with Gasteiger partial charge in [0.1, 0.15) is 0 Å². The molecule has 0 radical (unpaired) electrons. The van der Waals surface area contributed by atoms with Crippen molar-refractivity contribution < 1.29 is 13.2 Å². The highest BCUT2D eigenvalue weighted by molar-refractivity contribution is 7.90. The molecule has 0 spiro atoms. The van der Waals surface area contributed by atoms with E-state index in [0.29, 0.717) is 17.4 Å². The van der Waals surface area contributed by atoms with E-state index in [1.54, 1.807) is 6.07 Å². The van der Waals surface area contributed by atoms with Crippen LogP contribution >= 0.6 is 0 Å². The number of rotatable bonds is 10. The number of ether oxygens (including phenoxy) is 1. The number of aliphatic imine (C=N–C) groups is 1. The Balaban J connectivity index is 2.57. The fourth-order valence-corrected chi connectivity index (χ4v) is 3.40. The second-order valence-corrected chi connectivity index (χ2v) is 8.80. The van der Waals surface area contributed by atoms with Crippen LogP contribution in [0.1, 0.15) is 38.3 Å². The van der Waals surface area contributed by atoms with Crippen LogP contribution < -0.4 is 10.6 Å². The van der Waals surface area contributed by atoms with Crippen LogP contribution in [0.5, 0.6) is 0 Å². The highest BCUT2D eigenvalue weighted by Gasteiger charge is 2.10. The number of hydrogen-bond acceptors (Lipinski definition) is 4. The lowest BCUT2D eigenvalue weighted by molar-refractivity contribution is 0.108. The highest BCUT2D eigenvalue weighted by Crippen LogP contribution is 2.17. The van der Waals surface area contributed by atoms with Gasteiger partial charge in [0.05, 0.1) is 11.4 Å². The zero-order valence-electron chi connectivity index (χ0n) is 16.6. The maximum atomic E-state index is 11.7. The number of hydrogen-bond donors (Lipinski definition) is 2. The van der Waals surface area contributed by atoms with E-state index in [1.165, 1.54) is 6.26 Å². The molecule has 148 valence electrons. The molecule has 26 heavy (non-hydrogen) atoms. The van der Waals surface area contributed by atoms with Crippen molar-refractivity contribution in [1.82, 2.24) is 10.6 Å². The molecule has 0 amide bonds. The molecule has 0 unspecified atom stereocenters. The maximum Gasteiger partial charge on any atom is 0.191 e. The second-order valence-electron chi connectivity index (χ2n) is 6.82. The molecule has 2 N–H and O–H groups in total. The molecule has 0 aliphatic heterocycles. The van der Waals surface area contributed by atoms with E-state index in [-0.39, 0.29) is 0 Å². The predicted octanol–water partition coefficient (Wildman–Crippen LogP) is 2.52. The van der Waals surface area contributed by atoms with Gasteiger partial charge in [-0.3, -0.25) is 0 Å². The van der Waals surface area contributed by atoms with Gasteiger partial charge in [-0.2, -0.15) is 0 Å². The summed E-state index contributed by atoms with van der Waals surface area (Å²) in [6.45, 7) is 11.7. The topological polar surface area (TPSA) is 79.8 Å². The number of sulfone groups is 1. The van der Waals surface area contributed by atoms with Crippen molar-refractivity contribution in [3.8, 4) is 0 Å². The van der Waals surface area contributed by atoms with E-state index in [4.69, 9.17) is 4.74 Å². The van der Waals surface area contributed by atoms with Crippen LogP contribution in [0, 0.1) is 12.8 Å². The first-order valence-electron chi connectivity index (χ1n) is 9.13. The van der Waals surface area contributed by atoms with E-state index < -0.39 is 9.84 Å². The van der Waals surface area contributed by atoms with Gasteiger partial charge in [-0.15, -0.1) is 0 Å². The molecular formula is C19H33N3O3S. The summed E-state index contributed by atoms with van der Waals surface area (Å²) in [6, 6.07) is 5.35. The Hall–Kier alpha value is -1.60. The third-order valence-corrected chi connectivity index (χ3v) is 4.87. The van der Waals surface area contributed by atoms with Gasteiger partial charge in [-0.05, 0) is 43.4 Å². The minimum Gasteiger partial charge on any atom is -0.381 e. The molecule has 0 heterocycles. The van der Waals surface area contributed by atoms with Gasteiger partial charge in [0.2, 0.25) is 0 Å². The first kappa shape index (κ1) is 22.4. The number of nitrogens with zero attached hydrogens (tertiary/aromatic N) is 1. The minimum atomic E-state index is -3.19. The van der Waals surface area contributed by atoms with Crippen molar-refractivity contribution in [1.29, 1.82) is 0 Å². The molecule has 6 nitrogen and oxygen atoms in total. The summed E-state index contributed by atoms with van der Waals surface area (Å²) in [5.41, 5.74) is 1.73. The maximum absolute atomic E-state index is 11.7. The molecule has 0 aliphatic rings. The fraction of sp³-hybridized carbons (Fsp3) is 0.632. The Morgan fingerprint density at radius 1 is 1.27 bits per heavy atom. The zero-order chi connectivity index (χ0) is 19.6. The lowest BCUT2D eigenvalue weighted by Gasteiger charge is -2.12. The van der Waals surface area contributed by atoms with Crippen LogP contribution in [0.15, 0.2) is 28.1 Å². The largest absolute Gasteiger partial charge is 0.381 e. The SMILES string of the molecule is CCNC(=NCc1ccc(S(C)(=O)=O)c(C)c1)NCCCOCC(C)C. The molecule has 0 bridgehead atoms. The fourth-order valence-electron chi connectivity index (χ4n) is 2.44. The number of benzene rings is 1. The Kier molecular flexibility index (Phi) is 9.65. The van der Waals surface area contributed by atoms with Gasteiger partial charge >= 0.3 is 0 Å². The van der Waals surface area contributed by atoms with E-state index in [2.05, 4.69) is 29.5 Å². The van der Waals surface area contributed by atoms with Crippen molar-refractivity contribution in [2.24, 2.45) is 10.9 Å². The van der Waals surface area contributed by atoms with Crippen LogP contribution in [0.25, 0.3) is 0 Å². The van der Waals surface area contributed by atoms with Crippen molar-refractivity contribution in [2.45, 2.75) is 45.6 Å². The summed E-state index contributed by atoms with van der Waals surface area (Å²) in [5.74, 6) is 1.31. The molecular weight excluding hydrogens is 350 g/mol. The second kappa shape index (κ2) is 11.2. The normalized spacial score (nSPS) is 12.5. The molecule has 0 atom stereocenters. The standard InChI is InChI=1S/C19H33N3O3S/c1-6-20-19(21-10-7-11-25-14-15(2)3)22-13-17-8-9-18(16(4)12-17)26(5,23)24/h8-9,12,15H,6-7,10-11,13-14H2,1-5H3,(H2,20,21,22). The summed E-state index contributed by atoms with van der Waals surface area (Å²) in [6.07, 6.45) is 2.14. The van der Waals surface area contributed by atoms with Gasteiger partial charge in [-0.25, -0.2) is 13.4 Å². The zero-order valence-corrected chi connectivity index (χ0v) is 17.4. The highest BCUT2D eigenvalue weighted by atomic mass is 32.2. The first-order chi connectivity index (χ1) is 12.2. The summed E-state index contributed by atoms with van der Waals surface area (Å²) >= 11 is 0. The van der Waals surface area contributed by atoms with Gasteiger partial charge in [-0.1, -0.05) is 26.0 Å². The quantitative estimate of drug-likeness (QED) is 0.369. The number of nitrogens with one attached hydrogen (secondary N) is 2. The average Bonchev–Trinajstić information content (AvgIpc) is 2.54. The van der Waals surface area contributed by atoms with Gasteiger partial charge in [0.15, 0.2) is 15.8 Å². The molecule has 0 fully saturated rings. The van der Waals surface area contributed by atoms with Crippen LogP contribution in [0.3, 0.4) is 0 Å². The smallest absolute Gasteiger partial charge is 0.191 e. The predicted molar refractivity (Wildman–Crippen MR) is 107 cm³/mol. The van der Waals surface area contributed by atoms with Crippen molar-refractivity contribution in [3.63, 3.8) is 0 Å². The van der Waals surface area contributed by atoms with Crippen LogP contribution in [0.2, 0.25) is 0 Å². The molecule has 0 aliphatic carbocycles. The van der Waals surface area contributed by atoms with Gasteiger partial charge < -0.3 is 15.4 Å². The Bertz CT molecular complexity index is 685. The van der Waals surface area contributed by atoms with Gasteiger partial charge in [0, 0.05) is 32.6 Å². The molecule has 1 aromatic carbocycles. The number of guanidine groups is 1. The Morgan fingerprint density at radius 2 is 2.00 bits per heavy atom. The lowest BCUT2D eigenvalue weighted by atomic mass is 10.1. The first-order valence-corrected chi connectivity index (χ1v) is 11.0. The van der Waals surface area contributed by atoms with E-state index in [1.807, 2.05) is 26.0 Å². The molecule has 1 rings (SSSR count). The minimum absolute atomic E-state index is 0.372. The molecule has 7 heteroatoms. The van der Waals surface area contributed by atoms with E-state index in [0.717, 1.165) is 49.8 Å². The lowest BCUT2D eigenvalue weighted by Crippen LogP contribution is -2.38. The van der Waals surface area contributed by atoms with Crippen LogP contribution in [0.4, 0.5) is 0 Å². The number of aryl methyl sites for hydroxylation is 1. The monoisotopic (exact) mass is 383 g/mol. The molecule has 0 saturated heterocycles. The Labute approximate surface area is 158 Å². The average molecular weight is 384 g/mol. The molecule has 0 aromatic heterocycles. The third kappa shape index (κ3) is 8.67. The van der Waals surface area contributed by atoms with Crippen LogP contribution in [-0.2, 0) is 21.1 Å². The Morgan fingerprint density at radius 3 is 2.58 bits per heavy atom. The van der Waals surface area contributed by atoms with Crippen molar-refractivity contribution in [2.75, 3.05) is 32.6 Å². The molecule has 0 saturated carbocycles. The summed E-state index contributed by atoms with van der Waals surface area (Å²) in [5, 5.41) is 6.51. The van der Waals surface area contributed by atoms with Crippen molar-refractivity contribution in [3.05, 3.63) is 29.3 Å².